The number of amides is 1. The molecular weight excluding hydrogens is 306 g/mol. The van der Waals surface area contributed by atoms with Crippen LogP contribution >= 0.6 is 23.1 Å². The van der Waals surface area contributed by atoms with Crippen molar-refractivity contribution in [1.29, 1.82) is 0 Å². The molecule has 0 radical (unpaired) electrons. The molecule has 0 atom stereocenters. The Kier molecular flexibility index (Phi) is 3.96. The number of carbonyl (C=O) groups excluding carboxylic acids is 1. The minimum Gasteiger partial charge on any atom is -0.431 e. The number of benzene rings is 1. The number of nitrogen functional groups attached to an aromatic ring is 1. The van der Waals surface area contributed by atoms with Gasteiger partial charge in [-0.15, -0.1) is 11.3 Å². The molecular formula is C14H13N3O2S2. The molecule has 0 unspecified atom stereocenters. The second kappa shape index (κ2) is 5.88. The zero-order chi connectivity index (χ0) is 14.8. The van der Waals surface area contributed by atoms with Crippen LogP contribution in [0.5, 0.6) is 0 Å². The Balaban J connectivity index is 1.75. The summed E-state index contributed by atoms with van der Waals surface area (Å²) in [5, 5.41) is 0.631. The lowest BCUT2D eigenvalue weighted by Gasteiger charge is -1.95. The van der Waals surface area contributed by atoms with Crippen LogP contribution in [-0.4, -0.2) is 10.9 Å². The number of oxazole rings is 1. The first kappa shape index (κ1) is 14.1. The zero-order valence-corrected chi connectivity index (χ0v) is 12.9. The van der Waals surface area contributed by atoms with Gasteiger partial charge in [-0.1, -0.05) is 23.9 Å². The first-order valence-corrected chi connectivity index (χ1v) is 8.06. The summed E-state index contributed by atoms with van der Waals surface area (Å²) in [6.45, 7) is 1.99. The van der Waals surface area contributed by atoms with E-state index in [0.717, 1.165) is 21.5 Å². The van der Waals surface area contributed by atoms with Crippen LogP contribution in [0.15, 0.2) is 40.0 Å². The van der Waals surface area contributed by atoms with Crippen molar-refractivity contribution in [2.75, 3.05) is 0 Å². The van der Waals surface area contributed by atoms with Gasteiger partial charge in [0.2, 0.25) is 0 Å². The summed E-state index contributed by atoms with van der Waals surface area (Å²) in [5.41, 5.74) is 4.87. The highest BCUT2D eigenvalue weighted by Gasteiger charge is 2.13. The highest BCUT2D eigenvalue weighted by atomic mass is 32.2. The van der Waals surface area contributed by atoms with Gasteiger partial charge in [0.15, 0.2) is 5.58 Å². The van der Waals surface area contributed by atoms with Crippen LogP contribution in [0.25, 0.3) is 11.1 Å². The molecule has 0 aliphatic heterocycles. The molecule has 0 aliphatic carbocycles. The number of hydrazine groups is 1. The molecule has 2 heterocycles. The van der Waals surface area contributed by atoms with Crippen LogP contribution in [0.2, 0.25) is 0 Å². The Morgan fingerprint density at radius 1 is 1.48 bits per heavy atom. The van der Waals surface area contributed by atoms with Crippen molar-refractivity contribution in [2.24, 2.45) is 5.84 Å². The summed E-state index contributed by atoms with van der Waals surface area (Å²) in [6.07, 6.45) is 0. The number of para-hydroxylation sites is 2. The summed E-state index contributed by atoms with van der Waals surface area (Å²) in [7, 11) is 0. The van der Waals surface area contributed by atoms with Gasteiger partial charge in [-0.05, 0) is 30.7 Å². The first-order valence-electron chi connectivity index (χ1n) is 6.26. The standard InChI is InChI=1S/C14H13N3O2S2/c1-8-9(6-12(21-8)13(18)17-15)7-20-14-16-10-4-2-3-5-11(10)19-14/h2-6H,7,15H2,1H3,(H,17,18). The summed E-state index contributed by atoms with van der Waals surface area (Å²) in [5.74, 6) is 5.59. The van der Waals surface area contributed by atoms with Gasteiger partial charge in [-0.25, -0.2) is 10.8 Å². The van der Waals surface area contributed by atoms with E-state index in [1.807, 2.05) is 37.3 Å². The van der Waals surface area contributed by atoms with Gasteiger partial charge >= 0.3 is 0 Å². The Bertz CT molecular complexity index is 761. The van der Waals surface area contributed by atoms with Crippen molar-refractivity contribution >= 4 is 40.1 Å². The number of thiophene rings is 1. The average Bonchev–Trinajstić information content (AvgIpc) is 3.07. The van der Waals surface area contributed by atoms with E-state index in [-0.39, 0.29) is 5.91 Å². The average molecular weight is 319 g/mol. The molecule has 0 fully saturated rings. The number of aromatic nitrogens is 1. The maximum atomic E-state index is 11.5. The molecule has 2 aromatic heterocycles. The van der Waals surface area contributed by atoms with E-state index in [1.165, 1.54) is 23.1 Å². The normalized spacial score (nSPS) is 11.0. The molecule has 3 N–H and O–H groups in total. The smallest absolute Gasteiger partial charge is 0.275 e. The van der Waals surface area contributed by atoms with Crippen LogP contribution < -0.4 is 11.3 Å². The number of nitrogens with one attached hydrogen (secondary N) is 1. The molecule has 0 bridgehead atoms. The van der Waals surface area contributed by atoms with Crippen LogP contribution in [0.4, 0.5) is 0 Å². The number of nitrogens with zero attached hydrogens (tertiary/aromatic N) is 1. The van der Waals surface area contributed by atoms with Crippen LogP contribution in [-0.2, 0) is 5.75 Å². The topological polar surface area (TPSA) is 81.2 Å². The molecule has 3 aromatic rings. The van der Waals surface area contributed by atoms with E-state index < -0.39 is 0 Å². The second-order valence-corrected chi connectivity index (χ2v) is 6.58. The van der Waals surface area contributed by atoms with E-state index in [4.69, 9.17) is 10.3 Å². The Morgan fingerprint density at radius 3 is 3.05 bits per heavy atom. The first-order chi connectivity index (χ1) is 10.2. The minimum absolute atomic E-state index is 0.263. The SMILES string of the molecule is Cc1sc(C(=O)NN)cc1CSc1nc2ccccc2o1. The van der Waals surface area contributed by atoms with Gasteiger partial charge in [0, 0.05) is 10.6 Å². The van der Waals surface area contributed by atoms with E-state index in [9.17, 15) is 4.79 Å². The van der Waals surface area contributed by atoms with E-state index >= 15 is 0 Å². The third-order valence-electron chi connectivity index (χ3n) is 3.00. The molecule has 0 aliphatic rings. The fraction of sp³-hybridized carbons (Fsp3) is 0.143. The third kappa shape index (κ3) is 2.94. The second-order valence-electron chi connectivity index (χ2n) is 4.40. The van der Waals surface area contributed by atoms with Crippen LogP contribution in [0, 0.1) is 6.92 Å². The van der Waals surface area contributed by atoms with Crippen LogP contribution in [0.3, 0.4) is 0 Å². The van der Waals surface area contributed by atoms with Crippen molar-refractivity contribution in [3.05, 3.63) is 45.6 Å². The van der Waals surface area contributed by atoms with Crippen molar-refractivity contribution in [1.82, 2.24) is 10.4 Å². The number of rotatable bonds is 4. The Hall–Kier alpha value is -1.83. The number of fused-ring (bicyclic) bond motifs is 1. The highest BCUT2D eigenvalue weighted by Crippen LogP contribution is 2.30. The van der Waals surface area contributed by atoms with Gasteiger partial charge in [-0.2, -0.15) is 0 Å². The molecule has 5 nitrogen and oxygen atoms in total. The summed E-state index contributed by atoms with van der Waals surface area (Å²) >= 11 is 2.94. The molecule has 108 valence electrons. The molecule has 3 rings (SSSR count). The predicted octanol–water partition coefficient (Wildman–Crippen LogP) is 3.09. The van der Waals surface area contributed by atoms with Crippen LogP contribution in [0.1, 0.15) is 20.1 Å². The van der Waals surface area contributed by atoms with Gasteiger partial charge in [0.05, 0.1) is 4.88 Å². The van der Waals surface area contributed by atoms with E-state index in [0.29, 0.717) is 15.9 Å². The number of carbonyl (C=O) groups is 1. The van der Waals surface area contributed by atoms with E-state index in [2.05, 4.69) is 10.4 Å². The maximum Gasteiger partial charge on any atom is 0.275 e. The monoisotopic (exact) mass is 319 g/mol. The molecule has 0 saturated carbocycles. The lowest BCUT2D eigenvalue weighted by Crippen LogP contribution is -2.29. The molecule has 1 aromatic carbocycles. The van der Waals surface area contributed by atoms with E-state index in [1.54, 1.807) is 0 Å². The molecule has 21 heavy (non-hydrogen) atoms. The van der Waals surface area contributed by atoms with Crippen molar-refractivity contribution in [3.63, 3.8) is 0 Å². The number of hydrogen-bond acceptors (Lipinski definition) is 6. The van der Waals surface area contributed by atoms with Gasteiger partial charge in [0.25, 0.3) is 11.1 Å². The summed E-state index contributed by atoms with van der Waals surface area (Å²) in [4.78, 5) is 17.6. The Labute approximate surface area is 129 Å². The molecule has 0 saturated heterocycles. The van der Waals surface area contributed by atoms with Gasteiger partial charge in [-0.3, -0.25) is 10.2 Å². The Morgan fingerprint density at radius 2 is 2.29 bits per heavy atom. The number of thioether (sulfide) groups is 1. The van der Waals surface area contributed by atoms with Crippen molar-refractivity contribution in [3.8, 4) is 0 Å². The zero-order valence-electron chi connectivity index (χ0n) is 11.3. The maximum absolute atomic E-state index is 11.5. The quantitative estimate of drug-likeness (QED) is 0.334. The van der Waals surface area contributed by atoms with Crippen molar-refractivity contribution < 1.29 is 9.21 Å². The van der Waals surface area contributed by atoms with Gasteiger partial charge < -0.3 is 4.42 Å². The number of hydrogen-bond donors (Lipinski definition) is 2. The minimum atomic E-state index is -0.263. The summed E-state index contributed by atoms with van der Waals surface area (Å²) in [6, 6.07) is 9.52. The number of nitrogens with two attached hydrogens (primary N) is 1. The highest BCUT2D eigenvalue weighted by molar-refractivity contribution is 7.98. The fourth-order valence-corrected chi connectivity index (χ4v) is 3.83. The molecule has 0 spiro atoms. The third-order valence-corrected chi connectivity index (χ3v) is 4.97. The lowest BCUT2D eigenvalue weighted by molar-refractivity contribution is 0.0957. The number of aryl methyl sites for hydroxylation is 1. The summed E-state index contributed by atoms with van der Waals surface area (Å²) < 4.78 is 5.66. The largest absolute Gasteiger partial charge is 0.431 e. The molecule has 7 heteroatoms. The van der Waals surface area contributed by atoms with Crippen molar-refractivity contribution in [2.45, 2.75) is 17.9 Å². The fourth-order valence-electron chi connectivity index (χ4n) is 1.90. The lowest BCUT2D eigenvalue weighted by atomic mass is 10.3. The van der Waals surface area contributed by atoms with Gasteiger partial charge in [0.1, 0.15) is 5.52 Å². The predicted molar refractivity (Wildman–Crippen MR) is 84.3 cm³/mol. The molecule has 1 amide bonds.